The van der Waals surface area contributed by atoms with Crippen LogP contribution in [0.5, 0.6) is 0 Å². The minimum Gasteiger partial charge on any atom is -0.401 e. The number of hydrogen-bond donors (Lipinski definition) is 2. The van der Waals surface area contributed by atoms with Gasteiger partial charge in [0.1, 0.15) is 0 Å². The molecule has 2 rings (SSSR count). The van der Waals surface area contributed by atoms with Crippen LogP contribution in [0, 0.1) is 11.8 Å². The van der Waals surface area contributed by atoms with Crippen molar-refractivity contribution in [1.82, 2.24) is 5.01 Å². The molecule has 18 heavy (non-hydrogen) atoms. The predicted octanol–water partition coefficient (Wildman–Crippen LogP) is 2.46. The summed E-state index contributed by atoms with van der Waals surface area (Å²) in [5.74, 6) is 7.68. The van der Waals surface area contributed by atoms with E-state index in [1.165, 1.54) is 19.3 Å². The third-order valence-corrected chi connectivity index (χ3v) is 3.40. The number of nitrogens with two attached hydrogens (primary N) is 2. The number of rotatable bonds is 1. The zero-order valence-corrected chi connectivity index (χ0v) is 12.7. The van der Waals surface area contributed by atoms with Crippen molar-refractivity contribution in [2.45, 2.75) is 46.0 Å². The topological polar surface area (TPSA) is 64.5 Å². The van der Waals surface area contributed by atoms with Gasteiger partial charge in [0, 0.05) is 32.7 Å². The Morgan fingerprint density at radius 1 is 1.11 bits per heavy atom. The van der Waals surface area contributed by atoms with Crippen molar-refractivity contribution in [3.05, 3.63) is 11.4 Å². The molecule has 0 aliphatic heterocycles. The zero-order chi connectivity index (χ0) is 14.1. The largest absolute Gasteiger partial charge is 0.401 e. The average Bonchev–Trinajstić information content (AvgIpc) is 3.06. The van der Waals surface area contributed by atoms with Crippen molar-refractivity contribution < 1.29 is 4.74 Å². The first-order valence-electron chi connectivity index (χ1n) is 6.96. The number of nitrogens with zero attached hydrogens (tertiary/aromatic N) is 1. The number of ether oxygens (including phenoxy) is 1. The molecule has 0 radical (unpaired) electrons. The normalized spacial score (nSPS) is 29.4. The molecule has 0 saturated heterocycles. The summed E-state index contributed by atoms with van der Waals surface area (Å²) >= 11 is 0. The van der Waals surface area contributed by atoms with E-state index in [1.807, 2.05) is 20.9 Å². The maximum absolute atomic E-state index is 5.99. The second kappa shape index (κ2) is 9.22. The van der Waals surface area contributed by atoms with Crippen LogP contribution in [0.4, 0.5) is 0 Å². The average molecular weight is 257 g/mol. The molecule has 2 unspecified atom stereocenters. The monoisotopic (exact) mass is 257 g/mol. The molecule has 108 valence electrons. The summed E-state index contributed by atoms with van der Waals surface area (Å²) in [4.78, 5) is 0. The Balaban J connectivity index is 0.000000509. The van der Waals surface area contributed by atoms with E-state index in [0.29, 0.717) is 0 Å². The van der Waals surface area contributed by atoms with Gasteiger partial charge in [-0.2, -0.15) is 0 Å². The van der Waals surface area contributed by atoms with Crippen LogP contribution in [0.3, 0.4) is 0 Å². The van der Waals surface area contributed by atoms with Gasteiger partial charge in [-0.25, -0.2) is 5.84 Å². The molecular formula is C14H31N3O. The van der Waals surface area contributed by atoms with E-state index in [9.17, 15) is 0 Å². The minimum absolute atomic E-state index is 0.975. The van der Waals surface area contributed by atoms with Crippen LogP contribution in [-0.2, 0) is 4.74 Å². The van der Waals surface area contributed by atoms with E-state index >= 15 is 0 Å². The first kappa shape index (κ1) is 17.3. The first-order valence-corrected chi connectivity index (χ1v) is 6.96. The van der Waals surface area contributed by atoms with Crippen molar-refractivity contribution in [1.29, 1.82) is 0 Å². The van der Waals surface area contributed by atoms with E-state index in [0.717, 1.165) is 36.1 Å². The maximum atomic E-state index is 5.99. The lowest BCUT2D eigenvalue weighted by Gasteiger charge is -2.21. The van der Waals surface area contributed by atoms with E-state index in [4.69, 9.17) is 11.6 Å². The van der Waals surface area contributed by atoms with Gasteiger partial charge < -0.3 is 15.5 Å². The quantitative estimate of drug-likeness (QED) is 0.559. The predicted molar refractivity (Wildman–Crippen MR) is 77.5 cm³/mol. The molecule has 4 nitrogen and oxygen atoms in total. The fourth-order valence-electron chi connectivity index (χ4n) is 2.39. The molecule has 1 saturated carbocycles. The van der Waals surface area contributed by atoms with Gasteiger partial charge in [-0.05, 0) is 43.9 Å². The van der Waals surface area contributed by atoms with Crippen LogP contribution in [-0.4, -0.2) is 26.3 Å². The zero-order valence-electron chi connectivity index (χ0n) is 12.7. The first-order chi connectivity index (χ1) is 8.60. The molecule has 0 spiro atoms. The number of hydrogen-bond acceptors (Lipinski definition) is 4. The standard InChI is InChI=1S/C10H19N3.C2H6O.C2H6/c1-13(12)10-5-3-8-6-7(8)2-4-9(10)11;1-3-2;1-2/h7-8H,2-6,11-12H2,1H3;1-2H3;1-2H3/b10-9-;;. The van der Waals surface area contributed by atoms with Crippen molar-refractivity contribution in [3.63, 3.8) is 0 Å². The van der Waals surface area contributed by atoms with E-state index in [1.54, 1.807) is 19.2 Å². The number of fused-ring (bicyclic) bond motifs is 1. The summed E-state index contributed by atoms with van der Waals surface area (Å²) in [6, 6.07) is 0. The SMILES string of the molecule is CC.CN(N)/C1=C(\N)CCC2CC2CC1.COC. The molecule has 0 aromatic carbocycles. The molecule has 2 aliphatic rings. The minimum atomic E-state index is 0.975. The molecule has 2 atom stereocenters. The van der Waals surface area contributed by atoms with Gasteiger partial charge >= 0.3 is 0 Å². The fraction of sp³-hybridized carbons (Fsp3) is 0.857. The van der Waals surface area contributed by atoms with Gasteiger partial charge in [-0.1, -0.05) is 13.8 Å². The second-order valence-corrected chi connectivity index (χ2v) is 4.82. The summed E-state index contributed by atoms with van der Waals surface area (Å²) in [7, 11) is 5.13. The highest BCUT2D eigenvalue weighted by Crippen LogP contribution is 2.47. The summed E-state index contributed by atoms with van der Waals surface area (Å²) in [5.41, 5.74) is 8.16. The maximum Gasteiger partial charge on any atom is 0.0475 e. The lowest BCUT2D eigenvalue weighted by molar-refractivity contribution is 0.277. The van der Waals surface area contributed by atoms with E-state index in [2.05, 4.69) is 4.74 Å². The van der Waals surface area contributed by atoms with Gasteiger partial charge in [-0.3, -0.25) is 0 Å². The van der Waals surface area contributed by atoms with Crippen molar-refractivity contribution in [2.24, 2.45) is 23.4 Å². The molecule has 0 amide bonds. The highest BCUT2D eigenvalue weighted by molar-refractivity contribution is 5.12. The van der Waals surface area contributed by atoms with Crippen molar-refractivity contribution >= 4 is 0 Å². The third kappa shape index (κ3) is 5.74. The van der Waals surface area contributed by atoms with Crippen molar-refractivity contribution in [3.8, 4) is 0 Å². The third-order valence-electron chi connectivity index (χ3n) is 3.40. The Kier molecular flexibility index (Phi) is 8.85. The van der Waals surface area contributed by atoms with Crippen LogP contribution < -0.4 is 11.6 Å². The fourth-order valence-corrected chi connectivity index (χ4v) is 2.39. The molecule has 2 aliphatic carbocycles. The Morgan fingerprint density at radius 2 is 1.56 bits per heavy atom. The van der Waals surface area contributed by atoms with Gasteiger partial charge in [0.25, 0.3) is 0 Å². The van der Waals surface area contributed by atoms with E-state index < -0.39 is 0 Å². The van der Waals surface area contributed by atoms with Crippen LogP contribution >= 0.6 is 0 Å². The van der Waals surface area contributed by atoms with Crippen molar-refractivity contribution in [2.75, 3.05) is 21.3 Å². The summed E-state index contributed by atoms with van der Waals surface area (Å²) in [6.07, 6.45) is 6.09. The molecule has 0 aromatic heterocycles. The molecule has 1 fully saturated rings. The van der Waals surface area contributed by atoms with Gasteiger partial charge in [-0.15, -0.1) is 0 Å². The Hall–Kier alpha value is -0.740. The van der Waals surface area contributed by atoms with Gasteiger partial charge in [0.05, 0.1) is 0 Å². The highest BCUT2D eigenvalue weighted by atomic mass is 16.4. The Labute approximate surface area is 112 Å². The Bertz CT molecular complexity index is 251. The van der Waals surface area contributed by atoms with Gasteiger partial charge in [0.2, 0.25) is 0 Å². The molecule has 4 heteroatoms. The molecule has 4 N–H and O–H groups in total. The van der Waals surface area contributed by atoms with Crippen LogP contribution in [0.25, 0.3) is 0 Å². The number of allylic oxidation sites excluding steroid dienone is 2. The summed E-state index contributed by atoms with van der Waals surface area (Å²) in [5, 5.41) is 1.69. The number of methoxy groups -OCH3 is 1. The summed E-state index contributed by atoms with van der Waals surface area (Å²) < 4.78 is 4.25. The van der Waals surface area contributed by atoms with Crippen LogP contribution in [0.2, 0.25) is 0 Å². The molecule has 0 heterocycles. The Morgan fingerprint density at radius 3 is 2.00 bits per heavy atom. The molecule has 0 bridgehead atoms. The van der Waals surface area contributed by atoms with Gasteiger partial charge in [0.15, 0.2) is 0 Å². The molecule has 0 aromatic rings. The van der Waals surface area contributed by atoms with E-state index in [-0.39, 0.29) is 0 Å². The van der Waals surface area contributed by atoms with Crippen LogP contribution in [0.15, 0.2) is 11.4 Å². The smallest absolute Gasteiger partial charge is 0.0475 e. The molecular weight excluding hydrogens is 226 g/mol. The highest BCUT2D eigenvalue weighted by Gasteiger charge is 2.37. The van der Waals surface area contributed by atoms with Crippen LogP contribution in [0.1, 0.15) is 46.0 Å². The lowest BCUT2D eigenvalue weighted by Crippen LogP contribution is -2.28. The lowest BCUT2D eigenvalue weighted by atomic mass is 10.0. The summed E-state index contributed by atoms with van der Waals surface area (Å²) in [6.45, 7) is 4.00. The second-order valence-electron chi connectivity index (χ2n) is 4.82. The number of hydrazine groups is 1.